The number of rotatable bonds is 5. The fraction of sp³-hybridized carbons (Fsp3) is 0.533. The predicted molar refractivity (Wildman–Crippen MR) is 77.5 cm³/mol. The number of hydrogen-bond donors (Lipinski definition) is 1. The molecule has 1 atom stereocenters. The Kier molecular flexibility index (Phi) is 5.63. The lowest BCUT2D eigenvalue weighted by Crippen LogP contribution is -2.38. The minimum absolute atomic E-state index is 0.0131. The molecule has 0 spiro atoms. The van der Waals surface area contributed by atoms with Crippen molar-refractivity contribution in [2.75, 3.05) is 18.9 Å². The molecule has 1 aromatic rings. The van der Waals surface area contributed by atoms with Crippen LogP contribution in [0.15, 0.2) is 18.2 Å². The lowest BCUT2D eigenvalue weighted by atomic mass is 10.1. The number of nitrogens with zero attached hydrogens (tertiary/aromatic N) is 1. The number of anilines is 1. The van der Waals surface area contributed by atoms with Gasteiger partial charge in [0, 0.05) is 30.9 Å². The smallest absolute Gasteiger partial charge is 0.388 e. The van der Waals surface area contributed by atoms with Crippen molar-refractivity contribution in [2.24, 2.45) is 0 Å². The Morgan fingerprint density at radius 3 is 2.38 bits per heavy atom. The molecule has 0 heterocycles. The van der Waals surface area contributed by atoms with Gasteiger partial charge in [0.25, 0.3) is 5.91 Å². The number of benzene rings is 1. The van der Waals surface area contributed by atoms with E-state index in [2.05, 4.69) is 5.32 Å². The van der Waals surface area contributed by atoms with Gasteiger partial charge in [-0.05, 0) is 38.5 Å². The summed E-state index contributed by atoms with van der Waals surface area (Å²) in [5, 5.41) is 2.50. The van der Waals surface area contributed by atoms with E-state index in [4.69, 9.17) is 0 Å². The Bertz CT molecular complexity index is 500. The van der Waals surface area contributed by atoms with Gasteiger partial charge in [-0.2, -0.15) is 13.2 Å². The monoisotopic (exact) mass is 302 g/mol. The van der Waals surface area contributed by atoms with Gasteiger partial charge in [-0.25, -0.2) is 0 Å². The summed E-state index contributed by atoms with van der Waals surface area (Å²) in [6, 6.07) is 3.62. The van der Waals surface area contributed by atoms with Gasteiger partial charge in [0.05, 0.1) is 5.56 Å². The summed E-state index contributed by atoms with van der Waals surface area (Å²) in [5.74, 6) is -0.375. The molecule has 0 bridgehead atoms. The first-order valence-electron chi connectivity index (χ1n) is 6.96. The zero-order chi connectivity index (χ0) is 16.2. The molecule has 1 amide bonds. The first-order chi connectivity index (χ1) is 9.76. The highest BCUT2D eigenvalue weighted by molar-refractivity contribution is 5.95. The highest BCUT2D eigenvalue weighted by Crippen LogP contribution is 2.35. The fourth-order valence-electron chi connectivity index (χ4n) is 2.17. The average Bonchev–Trinajstić information content (AvgIpc) is 2.45. The Hall–Kier alpha value is -1.72. The van der Waals surface area contributed by atoms with Crippen molar-refractivity contribution in [3.63, 3.8) is 0 Å². The summed E-state index contributed by atoms with van der Waals surface area (Å²) < 4.78 is 39.1. The van der Waals surface area contributed by atoms with Gasteiger partial charge in [0.2, 0.25) is 0 Å². The second-order valence-electron chi connectivity index (χ2n) is 4.86. The van der Waals surface area contributed by atoms with E-state index in [1.54, 1.807) is 4.90 Å². The normalized spacial score (nSPS) is 12.9. The second kappa shape index (κ2) is 6.83. The molecule has 0 saturated heterocycles. The van der Waals surface area contributed by atoms with Crippen molar-refractivity contribution in [3.8, 4) is 0 Å². The van der Waals surface area contributed by atoms with E-state index in [-0.39, 0.29) is 23.2 Å². The maximum absolute atomic E-state index is 13.0. The summed E-state index contributed by atoms with van der Waals surface area (Å²) in [7, 11) is 1.42. The third-order valence-corrected chi connectivity index (χ3v) is 3.57. The Morgan fingerprint density at radius 1 is 1.33 bits per heavy atom. The molecule has 0 saturated carbocycles. The summed E-state index contributed by atoms with van der Waals surface area (Å²) in [6.07, 6.45) is -3.75. The van der Waals surface area contributed by atoms with Crippen molar-refractivity contribution in [2.45, 2.75) is 39.4 Å². The van der Waals surface area contributed by atoms with E-state index in [1.165, 1.54) is 19.2 Å². The van der Waals surface area contributed by atoms with Gasteiger partial charge in [-0.3, -0.25) is 4.79 Å². The average molecular weight is 302 g/mol. The van der Waals surface area contributed by atoms with Crippen LogP contribution in [0, 0.1) is 0 Å². The molecular formula is C15H21F3N2O. The predicted octanol–water partition coefficient (Wildman–Crippen LogP) is 4.01. The summed E-state index contributed by atoms with van der Waals surface area (Å²) in [5.41, 5.74) is -0.801. The van der Waals surface area contributed by atoms with Gasteiger partial charge in [0.1, 0.15) is 0 Å². The van der Waals surface area contributed by atoms with E-state index in [0.717, 1.165) is 12.5 Å². The van der Waals surface area contributed by atoms with Crippen molar-refractivity contribution in [3.05, 3.63) is 29.3 Å². The number of hydrogen-bond acceptors (Lipinski definition) is 2. The third-order valence-electron chi connectivity index (χ3n) is 3.57. The van der Waals surface area contributed by atoms with Crippen molar-refractivity contribution < 1.29 is 18.0 Å². The molecule has 0 aliphatic heterocycles. The van der Waals surface area contributed by atoms with Gasteiger partial charge in [-0.1, -0.05) is 6.92 Å². The highest BCUT2D eigenvalue weighted by Gasteiger charge is 2.34. The van der Waals surface area contributed by atoms with Gasteiger partial charge in [-0.15, -0.1) is 0 Å². The number of carbonyl (C=O) groups excluding carboxylic acids is 1. The molecule has 1 unspecified atom stereocenters. The van der Waals surface area contributed by atoms with Crippen LogP contribution in [0.1, 0.15) is 43.1 Å². The molecule has 1 N–H and O–H groups in total. The van der Waals surface area contributed by atoms with Crippen molar-refractivity contribution in [1.29, 1.82) is 0 Å². The van der Waals surface area contributed by atoms with Crippen LogP contribution in [0.25, 0.3) is 0 Å². The summed E-state index contributed by atoms with van der Waals surface area (Å²) in [6.45, 7) is 6.10. The first-order valence-corrected chi connectivity index (χ1v) is 6.96. The number of alkyl halides is 3. The van der Waals surface area contributed by atoms with Gasteiger partial charge in [0.15, 0.2) is 0 Å². The topological polar surface area (TPSA) is 32.3 Å². The van der Waals surface area contributed by atoms with Gasteiger partial charge >= 0.3 is 6.18 Å². The quantitative estimate of drug-likeness (QED) is 0.891. The molecule has 0 aliphatic carbocycles. The molecule has 6 heteroatoms. The molecule has 1 aromatic carbocycles. The summed E-state index contributed by atoms with van der Waals surface area (Å²) >= 11 is 0. The van der Waals surface area contributed by atoms with Crippen LogP contribution in [0.3, 0.4) is 0 Å². The second-order valence-corrected chi connectivity index (χ2v) is 4.86. The first kappa shape index (κ1) is 17.3. The van der Waals surface area contributed by atoms with Crippen LogP contribution in [-0.2, 0) is 6.18 Å². The maximum atomic E-state index is 13.0. The largest absolute Gasteiger partial charge is 0.418 e. The van der Waals surface area contributed by atoms with Gasteiger partial charge < -0.3 is 10.2 Å². The van der Waals surface area contributed by atoms with Crippen molar-refractivity contribution >= 4 is 11.6 Å². The lowest BCUT2D eigenvalue weighted by Gasteiger charge is -2.27. The van der Waals surface area contributed by atoms with Crippen molar-refractivity contribution in [1.82, 2.24) is 4.90 Å². The molecule has 0 radical (unpaired) electrons. The minimum atomic E-state index is -4.50. The summed E-state index contributed by atoms with van der Waals surface area (Å²) in [4.78, 5) is 14.0. The number of nitrogens with one attached hydrogen (secondary N) is 1. The van der Waals surface area contributed by atoms with Crippen LogP contribution < -0.4 is 5.32 Å². The van der Waals surface area contributed by atoms with Crippen LogP contribution in [0.2, 0.25) is 0 Å². The van der Waals surface area contributed by atoms with E-state index >= 15 is 0 Å². The Labute approximate surface area is 123 Å². The zero-order valence-corrected chi connectivity index (χ0v) is 12.7. The maximum Gasteiger partial charge on any atom is 0.418 e. The molecule has 0 aromatic heterocycles. The Morgan fingerprint density at radius 2 is 1.95 bits per heavy atom. The number of carbonyl (C=O) groups is 1. The van der Waals surface area contributed by atoms with E-state index in [1.807, 2.05) is 20.8 Å². The van der Waals surface area contributed by atoms with Crippen LogP contribution in [0.5, 0.6) is 0 Å². The third kappa shape index (κ3) is 3.89. The molecule has 21 heavy (non-hydrogen) atoms. The van der Waals surface area contributed by atoms with Crippen LogP contribution >= 0.6 is 0 Å². The molecule has 3 nitrogen and oxygen atoms in total. The highest BCUT2D eigenvalue weighted by atomic mass is 19.4. The minimum Gasteiger partial charge on any atom is -0.388 e. The number of amides is 1. The lowest BCUT2D eigenvalue weighted by molar-refractivity contribution is -0.136. The molecular weight excluding hydrogens is 281 g/mol. The zero-order valence-electron chi connectivity index (χ0n) is 12.7. The van der Waals surface area contributed by atoms with E-state index < -0.39 is 11.7 Å². The van der Waals surface area contributed by atoms with Crippen LogP contribution in [0.4, 0.5) is 18.9 Å². The van der Waals surface area contributed by atoms with Crippen LogP contribution in [-0.4, -0.2) is 30.4 Å². The van der Waals surface area contributed by atoms with E-state index in [0.29, 0.717) is 6.54 Å². The molecule has 1 rings (SSSR count). The molecule has 0 fully saturated rings. The standard InChI is InChI=1S/C15H21F3N2O/c1-5-10(3)20(6-2)14(21)11-7-8-13(19-4)12(9-11)15(16,17)18/h7-10,19H,5-6H2,1-4H3. The Balaban J connectivity index is 3.22. The molecule has 0 aliphatic rings. The number of halogens is 3. The van der Waals surface area contributed by atoms with E-state index in [9.17, 15) is 18.0 Å². The fourth-order valence-corrected chi connectivity index (χ4v) is 2.17. The SMILES string of the molecule is CCC(C)N(CC)C(=O)c1ccc(NC)c(C(F)(F)F)c1. The molecule has 118 valence electrons.